The molecule has 0 atom stereocenters. The van der Waals surface area contributed by atoms with Gasteiger partial charge >= 0.3 is 0 Å². The van der Waals surface area contributed by atoms with Crippen LogP contribution in [0.1, 0.15) is 0 Å². The number of para-hydroxylation sites is 4. The van der Waals surface area contributed by atoms with Crippen molar-refractivity contribution in [2.24, 2.45) is 0 Å². The first-order valence-electron chi connectivity index (χ1n) is 43.2. The van der Waals surface area contributed by atoms with E-state index in [9.17, 15) is 0 Å². The Balaban J connectivity index is 0.543. The van der Waals surface area contributed by atoms with Gasteiger partial charge in [-0.25, -0.2) is 29.9 Å². The summed E-state index contributed by atoms with van der Waals surface area (Å²) in [4.78, 5) is 32.1. The van der Waals surface area contributed by atoms with Crippen LogP contribution in [-0.2, 0) is 0 Å². The second-order valence-electron chi connectivity index (χ2n) is 33.2. The number of benzene rings is 20. The number of fused-ring (bicyclic) bond motifs is 18. The van der Waals surface area contributed by atoms with Crippen LogP contribution in [0.25, 0.3) is 266 Å². The van der Waals surface area contributed by atoms with Crippen molar-refractivity contribution >= 4 is 131 Å². The quantitative estimate of drug-likeness (QED) is 0.112. The van der Waals surface area contributed by atoms with Crippen molar-refractivity contribution in [2.75, 3.05) is 0 Å². The lowest BCUT2D eigenvalue weighted by atomic mass is 9.95. The lowest BCUT2D eigenvalue weighted by Gasteiger charge is -2.15. The summed E-state index contributed by atoms with van der Waals surface area (Å²) < 4.78 is 18.5. The molecule has 10 nitrogen and oxygen atoms in total. The molecule has 0 fully saturated rings. The third kappa shape index (κ3) is 12.1. The predicted octanol–water partition coefficient (Wildman–Crippen LogP) is 31.0. The predicted molar refractivity (Wildman–Crippen MR) is 526 cm³/mol. The molecular weight excluding hydrogens is 1560 g/mol. The first-order chi connectivity index (χ1) is 63.4. The Morgan fingerprint density at radius 3 is 0.914 bits per heavy atom. The maximum absolute atomic E-state index is 6.89. The van der Waals surface area contributed by atoms with Crippen molar-refractivity contribution in [3.63, 3.8) is 0 Å². The zero-order valence-corrected chi connectivity index (χ0v) is 68.8. The van der Waals surface area contributed by atoms with Gasteiger partial charge in [-0.1, -0.05) is 328 Å². The molecule has 0 radical (unpaired) electrons. The van der Waals surface area contributed by atoms with E-state index in [0.717, 1.165) is 209 Å². The zero-order chi connectivity index (χ0) is 84.0. The van der Waals surface area contributed by atoms with Crippen molar-refractivity contribution in [1.82, 2.24) is 39.0 Å². The molecule has 0 amide bonds. The van der Waals surface area contributed by atoms with Crippen molar-refractivity contribution in [1.29, 1.82) is 0 Å². The fourth-order valence-electron chi connectivity index (χ4n) is 19.6. The molecule has 26 aromatic rings. The fraction of sp³-hybridized carbons (Fsp3) is 0. The van der Waals surface area contributed by atoms with E-state index >= 15 is 0 Å². The van der Waals surface area contributed by atoms with Crippen LogP contribution in [-0.4, -0.2) is 39.0 Å². The largest absolute Gasteiger partial charge is 0.456 e. The molecule has 0 unspecified atom stereocenters. The summed E-state index contributed by atoms with van der Waals surface area (Å²) in [7, 11) is 0. The molecule has 128 heavy (non-hydrogen) atoms. The molecule has 26 rings (SSSR count). The molecule has 0 bridgehead atoms. The monoisotopic (exact) mass is 1630 g/mol. The first kappa shape index (κ1) is 72.3. The molecule has 0 saturated heterocycles. The molecule has 0 aliphatic rings. The van der Waals surface area contributed by atoms with Gasteiger partial charge in [0.25, 0.3) is 0 Å². The Hall–Kier alpha value is -17.3. The third-order valence-electron chi connectivity index (χ3n) is 25.7. The maximum Gasteiger partial charge on any atom is 0.164 e. The number of hydrogen-bond donors (Lipinski definition) is 0. The number of furan rings is 2. The van der Waals surface area contributed by atoms with Crippen LogP contribution in [0.4, 0.5) is 0 Å². The summed E-state index contributed by atoms with van der Waals surface area (Å²) in [5.41, 5.74) is 26.0. The van der Waals surface area contributed by atoms with Crippen molar-refractivity contribution < 1.29 is 8.83 Å². The standard InChI is InChI=1S/C118H70N8O2/c1-4-23-71(24-5-1)79-32-21-35-86(60-79)115-122-116(87-36-22-33-80(61-87)72-25-6-2-7-26-72)124-118(123-115)89-56-58-94-100(66-89)106(70-110-112(94)96-40-15-19-44-108(96)128-110)126-102-42-17-13-38-92(102)98-64-85-54-53-84(62-90(85)68-104(98)126)81-34-20-31-78(59-81)75-47-45-73(46-48-75)74-49-51-77(52-50-74)114-119-113(76-27-8-3-9-28-76)120-117(121-114)88-55-57-93-99(65-88)105(69-109-111(93)95-39-14-18-43-107(95)127-109)125-101-41-16-12-37-91(101)97-63-82-29-10-11-30-83(82)67-103(97)125/h1-70H. The van der Waals surface area contributed by atoms with Crippen LogP contribution in [0.5, 0.6) is 0 Å². The van der Waals surface area contributed by atoms with E-state index in [2.05, 4.69) is 391 Å². The van der Waals surface area contributed by atoms with E-state index in [1.807, 2.05) is 42.5 Å². The molecule has 6 heterocycles. The van der Waals surface area contributed by atoms with Gasteiger partial charge < -0.3 is 18.0 Å². The minimum atomic E-state index is 0.562. The van der Waals surface area contributed by atoms with Crippen LogP contribution < -0.4 is 0 Å². The fourth-order valence-corrected chi connectivity index (χ4v) is 19.6. The molecule has 0 N–H and O–H groups in total. The van der Waals surface area contributed by atoms with E-state index in [0.29, 0.717) is 34.9 Å². The molecule has 0 aliphatic carbocycles. The van der Waals surface area contributed by atoms with Crippen LogP contribution in [0.15, 0.2) is 433 Å². The van der Waals surface area contributed by atoms with Crippen LogP contribution in [0.2, 0.25) is 0 Å². The maximum atomic E-state index is 6.89. The summed E-state index contributed by atoms with van der Waals surface area (Å²) >= 11 is 0. The average Bonchev–Trinajstić information content (AvgIpc) is 1.57. The van der Waals surface area contributed by atoms with Gasteiger partial charge in [-0.15, -0.1) is 0 Å². The lowest BCUT2D eigenvalue weighted by molar-refractivity contribution is 0.668. The van der Waals surface area contributed by atoms with Crippen LogP contribution in [0, 0.1) is 0 Å². The summed E-state index contributed by atoms with van der Waals surface area (Å²) in [5, 5.41) is 17.7. The summed E-state index contributed by atoms with van der Waals surface area (Å²) in [5.74, 6) is 3.47. The van der Waals surface area contributed by atoms with Gasteiger partial charge in [-0.05, 0) is 173 Å². The normalized spacial score (nSPS) is 11.9. The van der Waals surface area contributed by atoms with Gasteiger partial charge in [0.1, 0.15) is 22.3 Å². The Morgan fingerprint density at radius 2 is 0.445 bits per heavy atom. The molecule has 0 saturated carbocycles. The Morgan fingerprint density at radius 1 is 0.148 bits per heavy atom. The highest BCUT2D eigenvalue weighted by Crippen LogP contribution is 2.48. The molecule has 6 aromatic heterocycles. The lowest BCUT2D eigenvalue weighted by Crippen LogP contribution is -2.01. The van der Waals surface area contributed by atoms with E-state index in [4.69, 9.17) is 38.7 Å². The van der Waals surface area contributed by atoms with E-state index in [1.165, 1.54) is 21.5 Å². The highest BCUT2D eigenvalue weighted by atomic mass is 16.3. The highest BCUT2D eigenvalue weighted by molar-refractivity contribution is 6.25. The van der Waals surface area contributed by atoms with Gasteiger partial charge in [0.2, 0.25) is 0 Å². The minimum Gasteiger partial charge on any atom is -0.456 e. The second kappa shape index (κ2) is 29.2. The van der Waals surface area contributed by atoms with E-state index in [-0.39, 0.29) is 0 Å². The summed E-state index contributed by atoms with van der Waals surface area (Å²) in [6.45, 7) is 0. The van der Waals surface area contributed by atoms with Crippen molar-refractivity contribution in [2.45, 2.75) is 0 Å². The number of rotatable bonds is 13. The number of aromatic nitrogens is 8. The second-order valence-corrected chi connectivity index (χ2v) is 33.2. The smallest absolute Gasteiger partial charge is 0.164 e. The summed E-state index contributed by atoms with van der Waals surface area (Å²) in [6, 6.07) is 151. The third-order valence-corrected chi connectivity index (χ3v) is 25.7. The number of hydrogen-bond acceptors (Lipinski definition) is 8. The first-order valence-corrected chi connectivity index (χ1v) is 43.2. The molecule has 0 spiro atoms. The molecule has 594 valence electrons. The Bertz CT molecular complexity index is 8960. The zero-order valence-electron chi connectivity index (χ0n) is 68.8. The molecule has 10 heteroatoms. The van der Waals surface area contributed by atoms with Gasteiger partial charge in [-0.2, -0.15) is 0 Å². The van der Waals surface area contributed by atoms with Crippen LogP contribution >= 0.6 is 0 Å². The molecule has 0 aliphatic heterocycles. The van der Waals surface area contributed by atoms with Crippen LogP contribution in [0.3, 0.4) is 0 Å². The van der Waals surface area contributed by atoms with Crippen molar-refractivity contribution in [3.05, 3.63) is 425 Å². The summed E-state index contributed by atoms with van der Waals surface area (Å²) in [6.07, 6.45) is 0. The topological polar surface area (TPSA) is 113 Å². The van der Waals surface area contributed by atoms with Crippen molar-refractivity contribution in [3.8, 4) is 135 Å². The SMILES string of the molecule is c1ccc(-c2cccc(-c3nc(-c4cccc(-c5ccccc5)c4)nc(-c4ccc5c(c4)c(-n4c6ccccc6c6cc7ccc(-c8cccc(-c9ccc(-c%10ccc(-c%11nc(-c%12ccccc%12)nc(-c%12ccc%13c(c%12)c(-n%12c%14ccccc%14c%14cc%15ccccc%15cc%14%12)cc%12oc%14ccccc%14c%12%13)n%11)cc%10)cc9)c8)cc7cc64)cc4oc6ccccc6c45)n3)c2)cc1. The van der Waals surface area contributed by atoms with Gasteiger partial charge in [0.05, 0.1) is 33.4 Å². The van der Waals surface area contributed by atoms with Gasteiger partial charge in [0, 0.05) is 99.4 Å². The number of nitrogens with zero attached hydrogens (tertiary/aromatic N) is 8. The minimum absolute atomic E-state index is 0.562. The van der Waals surface area contributed by atoms with E-state index < -0.39 is 0 Å². The average molecular weight is 1630 g/mol. The Labute approximate surface area is 733 Å². The molecule has 20 aromatic carbocycles. The highest BCUT2D eigenvalue weighted by Gasteiger charge is 2.26. The molecular formula is C118H70N8O2. The van der Waals surface area contributed by atoms with Gasteiger partial charge in [0.15, 0.2) is 34.9 Å². The Kier molecular flexibility index (Phi) is 16.5. The van der Waals surface area contributed by atoms with Gasteiger partial charge in [-0.3, -0.25) is 0 Å². The van der Waals surface area contributed by atoms with E-state index in [1.54, 1.807) is 0 Å².